The molecule has 0 bridgehead atoms. The summed E-state index contributed by atoms with van der Waals surface area (Å²) in [6.45, 7) is 8.23. The van der Waals surface area contributed by atoms with Crippen LogP contribution in [0.15, 0.2) is 11.7 Å². The molecule has 0 radical (unpaired) electrons. The Morgan fingerprint density at radius 1 is 0.600 bits per heavy atom. The maximum atomic E-state index is 6.04. The number of unbranched alkanes of at least 4 members (excludes halogenated alkanes) is 8. The van der Waals surface area contributed by atoms with Crippen LogP contribution in [0.5, 0.6) is 0 Å². The molecule has 0 rings (SSSR count). The van der Waals surface area contributed by atoms with Crippen LogP contribution < -0.4 is 0 Å². The molecule has 0 saturated heterocycles. The first-order valence-corrected chi connectivity index (χ1v) is 10.4. The zero-order valence-corrected chi connectivity index (χ0v) is 17.2. The second-order valence-electron chi connectivity index (χ2n) is 6.54. The van der Waals surface area contributed by atoms with Crippen molar-refractivity contribution >= 4 is 0 Å². The van der Waals surface area contributed by atoms with Gasteiger partial charge in [0.1, 0.15) is 0 Å². The predicted molar refractivity (Wildman–Crippen MR) is 104 cm³/mol. The predicted octanol–water partition coefficient (Wildman–Crippen LogP) is 6.55. The van der Waals surface area contributed by atoms with Gasteiger partial charge in [-0.25, -0.2) is 0 Å². The van der Waals surface area contributed by atoms with Crippen LogP contribution >= 0.6 is 0 Å². The Morgan fingerprint density at radius 2 is 1.16 bits per heavy atom. The minimum atomic E-state index is 0.195. The average molecular weight is 359 g/mol. The van der Waals surface area contributed by atoms with Crippen molar-refractivity contribution in [2.45, 2.75) is 97.8 Å². The SMILES string of the molecule is CCCCCCCC(OCCCCC)=C(OCCCCC)OCOC. The summed E-state index contributed by atoms with van der Waals surface area (Å²) in [5, 5.41) is 0. The van der Waals surface area contributed by atoms with Crippen LogP contribution in [0.3, 0.4) is 0 Å². The first-order valence-electron chi connectivity index (χ1n) is 10.4. The van der Waals surface area contributed by atoms with Crippen LogP contribution in [0.1, 0.15) is 97.8 Å². The second kappa shape index (κ2) is 19.4. The van der Waals surface area contributed by atoms with Gasteiger partial charge in [-0.15, -0.1) is 0 Å². The summed E-state index contributed by atoms with van der Waals surface area (Å²) in [4.78, 5) is 0. The molecular formula is C21H42O4. The van der Waals surface area contributed by atoms with E-state index in [9.17, 15) is 0 Å². The molecule has 0 heterocycles. The van der Waals surface area contributed by atoms with E-state index in [-0.39, 0.29) is 6.79 Å². The van der Waals surface area contributed by atoms with E-state index in [0.717, 1.165) is 38.0 Å². The Morgan fingerprint density at radius 3 is 1.76 bits per heavy atom. The van der Waals surface area contributed by atoms with Gasteiger partial charge in [0.25, 0.3) is 0 Å². The number of rotatable bonds is 19. The van der Waals surface area contributed by atoms with Crippen molar-refractivity contribution < 1.29 is 18.9 Å². The first kappa shape index (κ1) is 24.1. The van der Waals surface area contributed by atoms with E-state index in [2.05, 4.69) is 20.8 Å². The third kappa shape index (κ3) is 15.1. The highest BCUT2D eigenvalue weighted by Gasteiger charge is 2.13. The Bertz CT molecular complexity index is 302. The molecule has 25 heavy (non-hydrogen) atoms. The van der Waals surface area contributed by atoms with Crippen LogP contribution in [-0.4, -0.2) is 27.1 Å². The molecule has 0 N–H and O–H groups in total. The largest absolute Gasteiger partial charge is 0.491 e. The lowest BCUT2D eigenvalue weighted by molar-refractivity contribution is -0.0692. The minimum absolute atomic E-state index is 0.195. The Balaban J connectivity index is 4.65. The van der Waals surface area contributed by atoms with Crippen molar-refractivity contribution in [3.8, 4) is 0 Å². The van der Waals surface area contributed by atoms with Crippen molar-refractivity contribution in [1.29, 1.82) is 0 Å². The van der Waals surface area contributed by atoms with Crippen molar-refractivity contribution in [1.82, 2.24) is 0 Å². The van der Waals surface area contributed by atoms with Gasteiger partial charge in [0.05, 0.1) is 13.2 Å². The Kier molecular flexibility index (Phi) is 18.7. The van der Waals surface area contributed by atoms with Crippen LogP contribution in [0.4, 0.5) is 0 Å². The van der Waals surface area contributed by atoms with E-state index in [1.165, 1.54) is 51.4 Å². The summed E-state index contributed by atoms with van der Waals surface area (Å²) in [6.07, 6.45) is 13.9. The second-order valence-corrected chi connectivity index (χ2v) is 6.54. The third-order valence-corrected chi connectivity index (χ3v) is 4.05. The molecule has 0 fully saturated rings. The first-order chi connectivity index (χ1) is 12.3. The quantitative estimate of drug-likeness (QED) is 0.149. The topological polar surface area (TPSA) is 36.9 Å². The molecule has 0 unspecified atom stereocenters. The fourth-order valence-corrected chi connectivity index (χ4v) is 2.50. The van der Waals surface area contributed by atoms with E-state index in [1.54, 1.807) is 7.11 Å². The normalized spacial score (nSPS) is 12.0. The van der Waals surface area contributed by atoms with Crippen molar-refractivity contribution in [3.63, 3.8) is 0 Å². The summed E-state index contributed by atoms with van der Waals surface area (Å²) in [7, 11) is 1.63. The highest BCUT2D eigenvalue weighted by molar-refractivity contribution is 4.95. The fraction of sp³-hybridized carbons (Fsp3) is 0.905. The summed E-state index contributed by atoms with van der Waals surface area (Å²) >= 11 is 0. The lowest BCUT2D eigenvalue weighted by Gasteiger charge is -2.17. The Labute approximate surface area is 156 Å². The summed E-state index contributed by atoms with van der Waals surface area (Å²) in [5.74, 6) is 1.39. The monoisotopic (exact) mass is 358 g/mol. The van der Waals surface area contributed by atoms with Crippen LogP contribution in [0, 0.1) is 0 Å². The van der Waals surface area contributed by atoms with Crippen molar-refractivity contribution in [3.05, 3.63) is 11.7 Å². The number of methoxy groups -OCH3 is 1. The van der Waals surface area contributed by atoms with Crippen molar-refractivity contribution in [2.75, 3.05) is 27.1 Å². The van der Waals surface area contributed by atoms with Gasteiger partial charge in [0.15, 0.2) is 12.6 Å². The maximum Gasteiger partial charge on any atom is 0.321 e. The number of hydrogen-bond acceptors (Lipinski definition) is 4. The van der Waals surface area contributed by atoms with E-state index in [1.807, 2.05) is 0 Å². The van der Waals surface area contributed by atoms with E-state index >= 15 is 0 Å². The Hall–Kier alpha value is -0.900. The molecule has 0 aromatic heterocycles. The molecule has 0 aliphatic carbocycles. The summed E-state index contributed by atoms with van der Waals surface area (Å²) in [6, 6.07) is 0. The minimum Gasteiger partial charge on any atom is -0.491 e. The van der Waals surface area contributed by atoms with Crippen LogP contribution in [-0.2, 0) is 18.9 Å². The van der Waals surface area contributed by atoms with Gasteiger partial charge in [-0.1, -0.05) is 72.1 Å². The van der Waals surface area contributed by atoms with Gasteiger partial charge in [0, 0.05) is 13.5 Å². The fourth-order valence-electron chi connectivity index (χ4n) is 2.50. The van der Waals surface area contributed by atoms with E-state index < -0.39 is 0 Å². The van der Waals surface area contributed by atoms with Crippen LogP contribution in [0.2, 0.25) is 0 Å². The zero-order valence-electron chi connectivity index (χ0n) is 17.2. The summed E-state index contributed by atoms with van der Waals surface area (Å²) in [5.41, 5.74) is 0. The highest BCUT2D eigenvalue weighted by atomic mass is 16.7. The lowest BCUT2D eigenvalue weighted by Crippen LogP contribution is -2.09. The molecule has 0 aliphatic heterocycles. The number of ether oxygens (including phenoxy) is 4. The van der Waals surface area contributed by atoms with Gasteiger partial charge in [-0.3, -0.25) is 0 Å². The molecule has 0 atom stereocenters. The number of allylic oxidation sites excluding steroid dienone is 1. The number of hydrogen-bond donors (Lipinski definition) is 0. The van der Waals surface area contributed by atoms with Gasteiger partial charge < -0.3 is 18.9 Å². The third-order valence-electron chi connectivity index (χ3n) is 4.05. The highest BCUT2D eigenvalue weighted by Crippen LogP contribution is 2.19. The molecule has 0 aromatic carbocycles. The molecule has 0 aromatic rings. The van der Waals surface area contributed by atoms with Gasteiger partial charge in [-0.2, -0.15) is 0 Å². The van der Waals surface area contributed by atoms with Crippen molar-refractivity contribution in [2.24, 2.45) is 0 Å². The van der Waals surface area contributed by atoms with E-state index in [4.69, 9.17) is 18.9 Å². The molecule has 0 amide bonds. The smallest absolute Gasteiger partial charge is 0.321 e. The lowest BCUT2D eigenvalue weighted by atomic mass is 10.1. The molecule has 0 spiro atoms. The molecule has 0 saturated carbocycles. The molecule has 4 heteroatoms. The molecule has 150 valence electrons. The average Bonchev–Trinajstić information content (AvgIpc) is 2.63. The van der Waals surface area contributed by atoms with E-state index in [0.29, 0.717) is 12.6 Å². The maximum absolute atomic E-state index is 6.04. The molecular weight excluding hydrogens is 316 g/mol. The standard InChI is InChI=1S/C21H42O4/c1-5-8-11-12-13-16-20(23-17-14-9-6-2)21(25-19-22-4)24-18-15-10-7-3/h5-19H2,1-4H3. The summed E-state index contributed by atoms with van der Waals surface area (Å²) < 4.78 is 22.7. The van der Waals surface area contributed by atoms with Gasteiger partial charge in [-0.05, 0) is 19.3 Å². The molecule has 4 nitrogen and oxygen atoms in total. The van der Waals surface area contributed by atoms with Crippen LogP contribution in [0.25, 0.3) is 0 Å². The van der Waals surface area contributed by atoms with Gasteiger partial charge >= 0.3 is 5.95 Å². The van der Waals surface area contributed by atoms with Gasteiger partial charge in [0.2, 0.25) is 0 Å². The molecule has 0 aliphatic rings. The zero-order chi connectivity index (χ0) is 18.6.